The topological polar surface area (TPSA) is 157 Å². The summed E-state index contributed by atoms with van der Waals surface area (Å²) in [5.74, 6) is -0.357. The summed E-state index contributed by atoms with van der Waals surface area (Å²) >= 11 is 0. The van der Waals surface area contributed by atoms with Gasteiger partial charge in [-0.05, 0) is 45.7 Å². The van der Waals surface area contributed by atoms with Crippen LogP contribution in [0.25, 0.3) is 0 Å². The molecular formula is C20H28N8O3. The van der Waals surface area contributed by atoms with Crippen LogP contribution in [0, 0.1) is 0 Å². The van der Waals surface area contributed by atoms with Crippen molar-refractivity contribution in [2.75, 3.05) is 10.6 Å². The van der Waals surface area contributed by atoms with Crippen LogP contribution in [0.15, 0.2) is 24.5 Å². The minimum Gasteiger partial charge on any atom is -0.444 e. The van der Waals surface area contributed by atoms with E-state index in [0.717, 1.165) is 25.7 Å². The SMILES string of the molecule is CC(C)(C)OC(=O)N[C@H]1CCCC[C@H]1Nc1nnc(C(N)=O)c(Nc2cccnc2)n1. The molecule has 0 saturated heterocycles. The number of hydrogen-bond acceptors (Lipinski definition) is 9. The Morgan fingerprint density at radius 1 is 1.16 bits per heavy atom. The molecule has 166 valence electrons. The van der Waals surface area contributed by atoms with Crippen LogP contribution in [-0.2, 0) is 4.74 Å². The molecule has 0 spiro atoms. The highest BCUT2D eigenvalue weighted by molar-refractivity contribution is 5.96. The van der Waals surface area contributed by atoms with Gasteiger partial charge in [-0.2, -0.15) is 4.98 Å². The Hall–Kier alpha value is -3.50. The summed E-state index contributed by atoms with van der Waals surface area (Å²) in [5, 5.41) is 17.1. The lowest BCUT2D eigenvalue weighted by molar-refractivity contribution is 0.0488. The Labute approximate surface area is 180 Å². The lowest BCUT2D eigenvalue weighted by atomic mass is 9.90. The van der Waals surface area contributed by atoms with Crippen LogP contribution in [0.4, 0.5) is 22.2 Å². The van der Waals surface area contributed by atoms with Crippen molar-refractivity contribution in [3.8, 4) is 0 Å². The normalized spacial score (nSPS) is 18.7. The molecule has 5 N–H and O–H groups in total. The van der Waals surface area contributed by atoms with Gasteiger partial charge in [0, 0.05) is 12.2 Å². The molecule has 11 heteroatoms. The highest BCUT2D eigenvalue weighted by atomic mass is 16.6. The van der Waals surface area contributed by atoms with Crippen molar-refractivity contribution in [1.82, 2.24) is 25.5 Å². The Kier molecular flexibility index (Phi) is 6.83. The number of nitrogens with two attached hydrogens (primary N) is 1. The molecule has 1 fully saturated rings. The third-order valence-electron chi connectivity index (χ3n) is 4.63. The summed E-state index contributed by atoms with van der Waals surface area (Å²) in [6, 6.07) is 3.25. The second-order valence-electron chi connectivity index (χ2n) is 8.35. The van der Waals surface area contributed by atoms with E-state index in [1.165, 1.54) is 0 Å². The summed E-state index contributed by atoms with van der Waals surface area (Å²) in [4.78, 5) is 32.4. The number of hydrogen-bond donors (Lipinski definition) is 4. The van der Waals surface area contributed by atoms with Gasteiger partial charge in [0.05, 0.1) is 17.9 Å². The predicted octanol–water partition coefficient (Wildman–Crippen LogP) is 2.36. The van der Waals surface area contributed by atoms with Crippen molar-refractivity contribution < 1.29 is 14.3 Å². The molecule has 2 atom stereocenters. The van der Waals surface area contributed by atoms with Crippen molar-refractivity contribution in [3.05, 3.63) is 30.2 Å². The van der Waals surface area contributed by atoms with E-state index in [-0.39, 0.29) is 29.5 Å². The Balaban J connectivity index is 1.75. The molecule has 0 radical (unpaired) electrons. The largest absolute Gasteiger partial charge is 0.444 e. The van der Waals surface area contributed by atoms with E-state index in [1.807, 2.05) is 20.8 Å². The van der Waals surface area contributed by atoms with Crippen LogP contribution in [0.1, 0.15) is 56.9 Å². The number of alkyl carbamates (subject to hydrolysis) is 1. The third kappa shape index (κ3) is 6.49. The van der Waals surface area contributed by atoms with Gasteiger partial charge in [-0.25, -0.2) is 4.79 Å². The van der Waals surface area contributed by atoms with E-state index in [0.29, 0.717) is 5.69 Å². The second-order valence-corrected chi connectivity index (χ2v) is 8.35. The Morgan fingerprint density at radius 3 is 2.55 bits per heavy atom. The van der Waals surface area contributed by atoms with Crippen LogP contribution < -0.4 is 21.7 Å². The standard InChI is InChI=1S/C20H28N8O3/c1-20(2,3)31-19(30)25-14-9-5-4-8-13(14)24-18-26-17(15(16(21)29)27-28-18)23-12-7-6-10-22-11-12/h6-7,10-11,13-14H,4-5,8-9H2,1-3H3,(H2,21,29)(H,25,30)(H2,23,24,26,28)/t13-,14+/m1/s1. The van der Waals surface area contributed by atoms with Crippen LogP contribution in [0.5, 0.6) is 0 Å². The van der Waals surface area contributed by atoms with E-state index in [4.69, 9.17) is 10.5 Å². The highest BCUT2D eigenvalue weighted by Gasteiger charge is 2.29. The number of nitrogens with one attached hydrogen (secondary N) is 3. The van der Waals surface area contributed by atoms with Crippen LogP contribution in [0.3, 0.4) is 0 Å². The van der Waals surface area contributed by atoms with Gasteiger partial charge in [0.1, 0.15) is 5.60 Å². The zero-order valence-electron chi connectivity index (χ0n) is 17.9. The van der Waals surface area contributed by atoms with Crippen molar-refractivity contribution in [2.45, 2.75) is 64.1 Å². The van der Waals surface area contributed by atoms with Gasteiger partial charge in [-0.15, -0.1) is 10.2 Å². The summed E-state index contributed by atoms with van der Waals surface area (Å²) < 4.78 is 5.38. The molecule has 0 unspecified atom stereocenters. The van der Waals surface area contributed by atoms with Gasteiger partial charge in [-0.3, -0.25) is 9.78 Å². The average molecular weight is 428 g/mol. The minimum absolute atomic E-state index is 0.0820. The van der Waals surface area contributed by atoms with Crippen LogP contribution >= 0.6 is 0 Å². The van der Waals surface area contributed by atoms with Crippen molar-refractivity contribution in [3.63, 3.8) is 0 Å². The highest BCUT2D eigenvalue weighted by Crippen LogP contribution is 2.23. The second kappa shape index (κ2) is 9.54. The maximum Gasteiger partial charge on any atom is 0.407 e. The van der Waals surface area contributed by atoms with Gasteiger partial charge in [0.2, 0.25) is 5.95 Å². The number of rotatable bonds is 6. The molecule has 1 aliphatic rings. The number of carbonyl (C=O) groups excluding carboxylic acids is 2. The third-order valence-corrected chi connectivity index (χ3v) is 4.63. The molecule has 0 aliphatic heterocycles. The number of carbonyl (C=O) groups is 2. The number of pyridine rings is 1. The maximum absolute atomic E-state index is 12.2. The molecule has 11 nitrogen and oxygen atoms in total. The van der Waals surface area contributed by atoms with Gasteiger partial charge in [0.25, 0.3) is 5.91 Å². The van der Waals surface area contributed by atoms with E-state index >= 15 is 0 Å². The van der Waals surface area contributed by atoms with Crippen molar-refractivity contribution in [1.29, 1.82) is 0 Å². The zero-order valence-corrected chi connectivity index (χ0v) is 17.9. The number of anilines is 3. The van der Waals surface area contributed by atoms with E-state index in [9.17, 15) is 9.59 Å². The van der Waals surface area contributed by atoms with Crippen molar-refractivity contribution in [2.24, 2.45) is 5.73 Å². The first-order valence-electron chi connectivity index (χ1n) is 10.2. The van der Waals surface area contributed by atoms with Gasteiger partial charge in [-0.1, -0.05) is 12.8 Å². The summed E-state index contributed by atoms with van der Waals surface area (Å²) in [7, 11) is 0. The van der Waals surface area contributed by atoms with E-state index in [1.54, 1.807) is 24.5 Å². The lowest BCUT2D eigenvalue weighted by Gasteiger charge is -2.33. The monoisotopic (exact) mass is 428 g/mol. The molecule has 2 aromatic rings. The molecule has 3 rings (SSSR count). The first-order chi connectivity index (χ1) is 14.7. The molecule has 1 aliphatic carbocycles. The molecule has 31 heavy (non-hydrogen) atoms. The van der Waals surface area contributed by atoms with Gasteiger partial charge in [0.15, 0.2) is 11.5 Å². The van der Waals surface area contributed by atoms with Crippen molar-refractivity contribution >= 4 is 29.5 Å². The molecule has 2 aromatic heterocycles. The average Bonchev–Trinajstić information content (AvgIpc) is 2.69. The first-order valence-corrected chi connectivity index (χ1v) is 10.2. The molecular weight excluding hydrogens is 400 g/mol. The van der Waals surface area contributed by atoms with Crippen LogP contribution in [-0.4, -0.2) is 49.9 Å². The number of ether oxygens (including phenoxy) is 1. The smallest absolute Gasteiger partial charge is 0.407 e. The first kappa shape index (κ1) is 22.2. The fourth-order valence-corrected chi connectivity index (χ4v) is 3.31. The maximum atomic E-state index is 12.2. The fourth-order valence-electron chi connectivity index (χ4n) is 3.31. The summed E-state index contributed by atoms with van der Waals surface area (Å²) in [6.45, 7) is 5.46. The number of primary amides is 1. The Bertz CT molecular complexity index is 916. The predicted molar refractivity (Wildman–Crippen MR) is 115 cm³/mol. The molecule has 0 bridgehead atoms. The number of amides is 2. The molecule has 1 saturated carbocycles. The van der Waals surface area contributed by atoms with E-state index < -0.39 is 17.6 Å². The minimum atomic E-state index is -0.750. The number of nitrogens with zero attached hydrogens (tertiary/aromatic N) is 4. The van der Waals surface area contributed by atoms with Crippen LogP contribution in [0.2, 0.25) is 0 Å². The molecule has 2 heterocycles. The number of aromatic nitrogens is 4. The fraction of sp³-hybridized carbons (Fsp3) is 0.500. The summed E-state index contributed by atoms with van der Waals surface area (Å²) in [6.07, 6.45) is 6.35. The lowest BCUT2D eigenvalue weighted by Crippen LogP contribution is -2.50. The van der Waals surface area contributed by atoms with E-state index in [2.05, 4.69) is 36.1 Å². The van der Waals surface area contributed by atoms with Gasteiger partial charge < -0.3 is 26.4 Å². The quantitative estimate of drug-likeness (QED) is 0.542. The Morgan fingerprint density at radius 2 is 1.90 bits per heavy atom. The zero-order chi connectivity index (χ0) is 22.4. The summed E-state index contributed by atoms with van der Waals surface area (Å²) in [5.41, 5.74) is 5.38. The van der Waals surface area contributed by atoms with Gasteiger partial charge >= 0.3 is 6.09 Å². The molecule has 2 amide bonds. The molecule has 0 aromatic carbocycles.